The monoisotopic (exact) mass is 201 g/mol. The summed E-state index contributed by atoms with van der Waals surface area (Å²) in [5.41, 5.74) is 5.48. The van der Waals surface area contributed by atoms with E-state index in [1.165, 1.54) is 0 Å². The lowest BCUT2D eigenvalue weighted by Gasteiger charge is -2.26. The molecule has 2 fully saturated rings. The topological polar surface area (TPSA) is 53.7 Å². The third-order valence-electron chi connectivity index (χ3n) is 2.91. The molecule has 2 atom stereocenters. The predicted molar refractivity (Wildman–Crippen MR) is 51.8 cm³/mol. The average Bonchev–Trinajstić information content (AvgIpc) is 2.68. The number of nitrogens with two attached hydrogens (primary N) is 1. The van der Waals surface area contributed by atoms with Crippen molar-refractivity contribution in [3.63, 3.8) is 0 Å². The van der Waals surface area contributed by atoms with Crippen LogP contribution in [0.15, 0.2) is 0 Å². The zero-order valence-electron chi connectivity index (χ0n) is 8.48. The van der Waals surface area contributed by atoms with Crippen molar-refractivity contribution in [2.45, 2.75) is 31.7 Å². The first kappa shape index (κ1) is 10.4. The standard InChI is InChI=1S/C10H19NO3/c11-4-1-9-7-13-10(14-9)8-2-5-12-6-3-8/h8-10H,1-7,11H2. The lowest BCUT2D eigenvalue weighted by molar-refractivity contribution is -0.120. The second-order valence-corrected chi connectivity index (χ2v) is 3.99. The lowest BCUT2D eigenvalue weighted by Crippen LogP contribution is -2.28. The summed E-state index contributed by atoms with van der Waals surface area (Å²) in [6.07, 6.45) is 3.23. The van der Waals surface area contributed by atoms with Crippen molar-refractivity contribution in [2.75, 3.05) is 26.4 Å². The van der Waals surface area contributed by atoms with Gasteiger partial charge in [0.2, 0.25) is 0 Å². The second-order valence-electron chi connectivity index (χ2n) is 3.99. The Morgan fingerprint density at radius 1 is 1.21 bits per heavy atom. The van der Waals surface area contributed by atoms with Crippen LogP contribution in [-0.2, 0) is 14.2 Å². The van der Waals surface area contributed by atoms with Gasteiger partial charge in [-0.3, -0.25) is 0 Å². The van der Waals surface area contributed by atoms with Crippen molar-refractivity contribution >= 4 is 0 Å². The fourth-order valence-electron chi connectivity index (χ4n) is 2.04. The van der Waals surface area contributed by atoms with Crippen LogP contribution in [0.25, 0.3) is 0 Å². The summed E-state index contributed by atoms with van der Waals surface area (Å²) in [7, 11) is 0. The van der Waals surface area contributed by atoms with Crippen LogP contribution in [0.3, 0.4) is 0 Å². The molecule has 2 rings (SSSR count). The minimum absolute atomic E-state index is 0.00421. The minimum Gasteiger partial charge on any atom is -0.381 e. The largest absolute Gasteiger partial charge is 0.381 e. The molecule has 0 aromatic carbocycles. The first-order valence-corrected chi connectivity index (χ1v) is 5.45. The van der Waals surface area contributed by atoms with E-state index in [9.17, 15) is 0 Å². The average molecular weight is 201 g/mol. The van der Waals surface area contributed by atoms with Gasteiger partial charge in [0.15, 0.2) is 6.29 Å². The van der Waals surface area contributed by atoms with Gasteiger partial charge in [-0.25, -0.2) is 0 Å². The van der Waals surface area contributed by atoms with Gasteiger partial charge in [-0.15, -0.1) is 0 Å². The number of hydrogen-bond acceptors (Lipinski definition) is 4. The maximum atomic E-state index is 5.78. The highest BCUT2D eigenvalue weighted by molar-refractivity contribution is 4.73. The van der Waals surface area contributed by atoms with E-state index in [0.29, 0.717) is 19.1 Å². The smallest absolute Gasteiger partial charge is 0.161 e. The third kappa shape index (κ3) is 2.45. The van der Waals surface area contributed by atoms with Crippen LogP contribution < -0.4 is 5.73 Å². The summed E-state index contributed by atoms with van der Waals surface area (Å²) in [6.45, 7) is 3.07. The van der Waals surface area contributed by atoms with Gasteiger partial charge in [-0.1, -0.05) is 0 Å². The lowest BCUT2D eigenvalue weighted by atomic mass is 10.00. The molecule has 0 amide bonds. The molecule has 2 unspecified atom stereocenters. The van der Waals surface area contributed by atoms with E-state index >= 15 is 0 Å². The molecule has 2 N–H and O–H groups in total. The van der Waals surface area contributed by atoms with E-state index in [4.69, 9.17) is 19.9 Å². The van der Waals surface area contributed by atoms with Gasteiger partial charge in [0.25, 0.3) is 0 Å². The fourth-order valence-corrected chi connectivity index (χ4v) is 2.04. The summed E-state index contributed by atoms with van der Waals surface area (Å²) in [5, 5.41) is 0. The Hall–Kier alpha value is -0.160. The van der Waals surface area contributed by atoms with Crippen LogP contribution in [0.5, 0.6) is 0 Å². The molecule has 0 aliphatic carbocycles. The Morgan fingerprint density at radius 3 is 2.71 bits per heavy atom. The van der Waals surface area contributed by atoms with Crippen LogP contribution in [0.2, 0.25) is 0 Å². The Labute approximate surface area is 84.7 Å². The van der Waals surface area contributed by atoms with Crippen LogP contribution in [0.4, 0.5) is 0 Å². The first-order valence-electron chi connectivity index (χ1n) is 5.45. The maximum Gasteiger partial charge on any atom is 0.161 e. The fraction of sp³-hybridized carbons (Fsp3) is 1.00. The molecule has 4 heteroatoms. The molecule has 0 aromatic rings. The van der Waals surface area contributed by atoms with Gasteiger partial charge in [-0.2, -0.15) is 0 Å². The molecule has 2 aliphatic rings. The second kappa shape index (κ2) is 5.07. The zero-order valence-corrected chi connectivity index (χ0v) is 8.48. The van der Waals surface area contributed by atoms with Gasteiger partial charge >= 0.3 is 0 Å². The van der Waals surface area contributed by atoms with Gasteiger partial charge in [0, 0.05) is 19.1 Å². The van der Waals surface area contributed by atoms with Gasteiger partial charge in [0.05, 0.1) is 12.7 Å². The molecule has 2 saturated heterocycles. The van der Waals surface area contributed by atoms with Crippen LogP contribution in [0.1, 0.15) is 19.3 Å². The molecular weight excluding hydrogens is 182 g/mol. The molecule has 4 nitrogen and oxygen atoms in total. The number of hydrogen-bond donors (Lipinski definition) is 1. The predicted octanol–water partition coefficient (Wildman–Crippen LogP) is 0.503. The van der Waals surface area contributed by atoms with Crippen molar-refractivity contribution in [2.24, 2.45) is 11.7 Å². The Bertz CT molecular complexity index is 171. The van der Waals surface area contributed by atoms with Crippen molar-refractivity contribution in [1.29, 1.82) is 0 Å². The highest BCUT2D eigenvalue weighted by atomic mass is 16.7. The molecule has 0 radical (unpaired) electrons. The SMILES string of the molecule is NCCC1COC(C2CCOCC2)O1. The summed E-state index contributed by atoms with van der Waals surface area (Å²) >= 11 is 0. The number of rotatable bonds is 3. The van der Waals surface area contributed by atoms with Crippen molar-refractivity contribution < 1.29 is 14.2 Å². The van der Waals surface area contributed by atoms with Crippen molar-refractivity contribution in [3.05, 3.63) is 0 Å². The highest BCUT2D eigenvalue weighted by Crippen LogP contribution is 2.27. The summed E-state index contributed by atoms with van der Waals surface area (Å²) in [5.74, 6) is 0.520. The molecule has 2 heterocycles. The van der Waals surface area contributed by atoms with Crippen LogP contribution in [0, 0.1) is 5.92 Å². The molecule has 82 valence electrons. The number of ether oxygens (including phenoxy) is 3. The van der Waals surface area contributed by atoms with Crippen molar-refractivity contribution in [3.8, 4) is 0 Å². The molecule has 0 spiro atoms. The zero-order chi connectivity index (χ0) is 9.80. The van der Waals surface area contributed by atoms with E-state index in [1.807, 2.05) is 0 Å². The van der Waals surface area contributed by atoms with Crippen molar-refractivity contribution in [1.82, 2.24) is 0 Å². The Morgan fingerprint density at radius 2 is 2.00 bits per heavy atom. The van der Waals surface area contributed by atoms with E-state index in [0.717, 1.165) is 32.5 Å². The minimum atomic E-state index is -0.00421. The molecule has 0 aromatic heterocycles. The summed E-state index contributed by atoms with van der Waals surface area (Å²) in [6, 6.07) is 0. The third-order valence-corrected chi connectivity index (χ3v) is 2.91. The van der Waals surface area contributed by atoms with E-state index < -0.39 is 0 Å². The van der Waals surface area contributed by atoms with Crippen LogP contribution >= 0.6 is 0 Å². The molecular formula is C10H19NO3. The summed E-state index contributed by atoms with van der Waals surface area (Å²) < 4.78 is 16.7. The van der Waals surface area contributed by atoms with E-state index in [-0.39, 0.29) is 12.4 Å². The van der Waals surface area contributed by atoms with E-state index in [2.05, 4.69) is 0 Å². The first-order chi connectivity index (χ1) is 6.90. The van der Waals surface area contributed by atoms with Crippen LogP contribution in [-0.4, -0.2) is 38.8 Å². The molecule has 2 aliphatic heterocycles. The van der Waals surface area contributed by atoms with Gasteiger partial charge < -0.3 is 19.9 Å². The maximum absolute atomic E-state index is 5.78. The molecule has 0 bridgehead atoms. The molecule has 0 saturated carbocycles. The van der Waals surface area contributed by atoms with Gasteiger partial charge in [-0.05, 0) is 25.8 Å². The Balaban J connectivity index is 1.76. The summed E-state index contributed by atoms with van der Waals surface area (Å²) in [4.78, 5) is 0. The van der Waals surface area contributed by atoms with E-state index in [1.54, 1.807) is 0 Å². The highest BCUT2D eigenvalue weighted by Gasteiger charge is 2.32. The molecule has 14 heavy (non-hydrogen) atoms. The van der Waals surface area contributed by atoms with Gasteiger partial charge in [0.1, 0.15) is 0 Å². The normalized spacial score (nSPS) is 34.9. The Kier molecular flexibility index (Phi) is 3.75. The quantitative estimate of drug-likeness (QED) is 0.722.